The van der Waals surface area contributed by atoms with Gasteiger partial charge in [-0.2, -0.15) is 0 Å². The highest BCUT2D eigenvalue weighted by molar-refractivity contribution is 7.78. The van der Waals surface area contributed by atoms with Crippen LogP contribution in [0, 0.1) is 16.6 Å². The summed E-state index contributed by atoms with van der Waals surface area (Å²) in [7, 11) is 1.74. The molecular weight excluding hydrogens is 527 g/mol. The standard InChI is InChI=1S/C33H38F3N3S/c1-22(2)16-31(38-5)23(3)33(19-25-6-10-28(11-7-25)32(4,35)36)20-27(21-37)26(18-29(33)14-15-39-40)17-24-8-12-30(34)13-9-24/h6-13,18,21,37,39-40H,1,3,14-17,19-20H2,2,4-5H3/b37-21?,38-31+. The number of thiol groups is 1. The maximum Gasteiger partial charge on any atom is 0.270 e. The van der Waals surface area contributed by atoms with Crippen molar-refractivity contribution >= 4 is 24.7 Å². The van der Waals surface area contributed by atoms with E-state index >= 15 is 0 Å². The lowest BCUT2D eigenvalue weighted by Gasteiger charge is -2.43. The van der Waals surface area contributed by atoms with Crippen molar-refractivity contribution in [1.82, 2.24) is 4.72 Å². The molecule has 40 heavy (non-hydrogen) atoms. The molecule has 1 aliphatic carbocycles. The SMILES string of the molecule is C=C(C)C/C(=N\C)C(=C)C1(Cc2ccc(C(C)(F)F)cc2)CC(C=N)=C(Cc2ccc(F)cc2)C=C1CCNS. The second-order valence-electron chi connectivity index (χ2n) is 10.6. The van der Waals surface area contributed by atoms with E-state index in [0.29, 0.717) is 38.6 Å². The van der Waals surface area contributed by atoms with Gasteiger partial charge in [0.1, 0.15) is 5.82 Å². The summed E-state index contributed by atoms with van der Waals surface area (Å²) in [5.41, 5.74) is 6.65. The summed E-state index contributed by atoms with van der Waals surface area (Å²) < 4.78 is 44.4. The zero-order valence-corrected chi connectivity index (χ0v) is 24.4. The fourth-order valence-corrected chi connectivity index (χ4v) is 5.47. The molecule has 2 aromatic carbocycles. The Morgan fingerprint density at radius 2 is 1.75 bits per heavy atom. The van der Waals surface area contributed by atoms with Crippen LogP contribution in [0.2, 0.25) is 0 Å². The van der Waals surface area contributed by atoms with Crippen molar-refractivity contribution in [3.63, 3.8) is 0 Å². The monoisotopic (exact) mass is 565 g/mol. The molecule has 1 aliphatic rings. The smallest absolute Gasteiger partial charge is 0.270 e. The number of nitrogens with zero attached hydrogens (tertiary/aromatic N) is 1. The van der Waals surface area contributed by atoms with E-state index in [1.807, 2.05) is 6.92 Å². The van der Waals surface area contributed by atoms with Crippen LogP contribution in [0.25, 0.3) is 0 Å². The van der Waals surface area contributed by atoms with Crippen LogP contribution >= 0.6 is 12.8 Å². The number of nitrogens with one attached hydrogen (secondary N) is 2. The number of hydrogen-bond donors (Lipinski definition) is 3. The second-order valence-corrected chi connectivity index (χ2v) is 10.9. The van der Waals surface area contributed by atoms with Crippen molar-refractivity contribution in [2.24, 2.45) is 10.4 Å². The predicted octanol–water partition coefficient (Wildman–Crippen LogP) is 8.40. The van der Waals surface area contributed by atoms with Crippen LogP contribution < -0.4 is 4.72 Å². The Hall–Kier alpha value is -3.16. The Labute approximate surface area is 241 Å². The molecule has 212 valence electrons. The van der Waals surface area contributed by atoms with Crippen LogP contribution in [0.3, 0.4) is 0 Å². The molecule has 0 radical (unpaired) electrons. The highest BCUT2D eigenvalue weighted by Gasteiger charge is 2.42. The van der Waals surface area contributed by atoms with Crippen molar-refractivity contribution in [1.29, 1.82) is 5.41 Å². The average Bonchev–Trinajstić information content (AvgIpc) is 2.92. The molecule has 0 heterocycles. The van der Waals surface area contributed by atoms with Gasteiger partial charge in [-0.05, 0) is 72.6 Å². The Morgan fingerprint density at radius 1 is 1.12 bits per heavy atom. The van der Waals surface area contributed by atoms with Crippen molar-refractivity contribution in [2.75, 3.05) is 13.6 Å². The number of hydrogen-bond acceptors (Lipinski definition) is 4. The second kappa shape index (κ2) is 13.5. The average molecular weight is 566 g/mol. The molecule has 1 unspecified atom stereocenters. The lowest BCUT2D eigenvalue weighted by molar-refractivity contribution is 0.0174. The van der Waals surface area contributed by atoms with E-state index in [4.69, 9.17) is 5.41 Å². The van der Waals surface area contributed by atoms with E-state index in [-0.39, 0.29) is 11.4 Å². The summed E-state index contributed by atoms with van der Waals surface area (Å²) in [6.07, 6.45) is 6.25. The van der Waals surface area contributed by atoms with Crippen LogP contribution in [0.1, 0.15) is 49.8 Å². The summed E-state index contributed by atoms with van der Waals surface area (Å²) in [6.45, 7) is 12.1. The number of allylic oxidation sites excluding steroid dienone is 5. The van der Waals surface area contributed by atoms with Crippen LogP contribution in [-0.4, -0.2) is 25.5 Å². The minimum absolute atomic E-state index is 0.0393. The molecule has 2 aromatic rings. The predicted molar refractivity (Wildman–Crippen MR) is 164 cm³/mol. The van der Waals surface area contributed by atoms with Crippen LogP contribution in [0.15, 0.2) is 101 Å². The molecule has 0 saturated carbocycles. The summed E-state index contributed by atoms with van der Waals surface area (Å²) in [6, 6.07) is 12.8. The quantitative estimate of drug-likeness (QED) is 0.127. The van der Waals surface area contributed by atoms with E-state index in [1.54, 1.807) is 31.3 Å². The lowest BCUT2D eigenvalue weighted by Crippen LogP contribution is -2.36. The van der Waals surface area contributed by atoms with Gasteiger partial charge in [0.2, 0.25) is 0 Å². The molecule has 1 atom stereocenters. The lowest BCUT2D eigenvalue weighted by atomic mass is 9.61. The van der Waals surface area contributed by atoms with Gasteiger partial charge in [0.05, 0.1) is 0 Å². The highest BCUT2D eigenvalue weighted by Crippen LogP contribution is 2.50. The summed E-state index contributed by atoms with van der Waals surface area (Å²) in [5, 5.41) is 8.34. The van der Waals surface area contributed by atoms with Gasteiger partial charge in [-0.3, -0.25) is 9.71 Å². The third kappa shape index (κ3) is 7.52. The maximum absolute atomic E-state index is 14.0. The van der Waals surface area contributed by atoms with E-state index in [9.17, 15) is 13.2 Å². The zero-order valence-electron chi connectivity index (χ0n) is 23.5. The van der Waals surface area contributed by atoms with Gasteiger partial charge < -0.3 is 5.41 Å². The largest absolute Gasteiger partial charge is 0.308 e. The number of rotatable bonds is 13. The minimum atomic E-state index is -2.93. The highest BCUT2D eigenvalue weighted by atomic mass is 32.1. The topological polar surface area (TPSA) is 48.2 Å². The molecule has 0 saturated heterocycles. The third-order valence-electron chi connectivity index (χ3n) is 7.49. The van der Waals surface area contributed by atoms with Crippen molar-refractivity contribution in [3.05, 3.63) is 118 Å². The first kappa shape index (κ1) is 31.4. The fraction of sp³-hybridized carbons (Fsp3) is 0.333. The van der Waals surface area contributed by atoms with Gasteiger partial charge in [-0.1, -0.05) is 79.6 Å². The first-order valence-corrected chi connectivity index (χ1v) is 13.7. The van der Waals surface area contributed by atoms with Gasteiger partial charge in [-0.25, -0.2) is 13.2 Å². The molecule has 0 aliphatic heterocycles. The normalized spacial score (nSPS) is 18.0. The van der Waals surface area contributed by atoms with Gasteiger partial charge in [0.15, 0.2) is 0 Å². The molecule has 0 fully saturated rings. The molecule has 3 rings (SSSR count). The van der Waals surface area contributed by atoms with Gasteiger partial charge in [0.25, 0.3) is 5.92 Å². The number of aliphatic imine (C=N–C) groups is 1. The molecule has 3 nitrogen and oxygen atoms in total. The summed E-state index contributed by atoms with van der Waals surface area (Å²) >= 11 is 4.23. The third-order valence-corrected chi connectivity index (χ3v) is 7.71. The maximum atomic E-state index is 14.0. The van der Waals surface area contributed by atoms with Crippen molar-refractivity contribution in [2.45, 2.75) is 51.9 Å². The molecule has 0 amide bonds. The zero-order chi connectivity index (χ0) is 29.5. The molecule has 0 spiro atoms. The van der Waals surface area contributed by atoms with E-state index in [1.165, 1.54) is 30.5 Å². The Kier molecular flexibility index (Phi) is 10.6. The molecule has 7 heteroatoms. The van der Waals surface area contributed by atoms with E-state index < -0.39 is 11.3 Å². The van der Waals surface area contributed by atoms with Crippen molar-refractivity contribution < 1.29 is 13.2 Å². The Morgan fingerprint density at radius 3 is 2.27 bits per heavy atom. The summed E-state index contributed by atoms with van der Waals surface area (Å²) in [4.78, 5) is 4.59. The summed E-state index contributed by atoms with van der Waals surface area (Å²) in [5.74, 6) is -3.22. The molecule has 2 N–H and O–H groups in total. The van der Waals surface area contributed by atoms with E-state index in [0.717, 1.165) is 51.6 Å². The number of halogens is 3. The van der Waals surface area contributed by atoms with E-state index in [2.05, 4.69) is 41.8 Å². The minimum Gasteiger partial charge on any atom is -0.308 e. The van der Waals surface area contributed by atoms with Crippen LogP contribution in [0.5, 0.6) is 0 Å². The Bertz CT molecular complexity index is 1330. The first-order chi connectivity index (χ1) is 18.9. The van der Waals surface area contributed by atoms with Crippen LogP contribution in [-0.2, 0) is 18.8 Å². The van der Waals surface area contributed by atoms with Gasteiger partial charge >= 0.3 is 0 Å². The first-order valence-electron chi connectivity index (χ1n) is 13.3. The Balaban J connectivity index is 2.17. The van der Waals surface area contributed by atoms with Gasteiger partial charge in [0, 0.05) is 49.8 Å². The molecule has 0 aromatic heterocycles. The number of alkyl halides is 2. The number of benzene rings is 2. The van der Waals surface area contributed by atoms with Crippen molar-refractivity contribution in [3.8, 4) is 0 Å². The molecular formula is C33H38F3N3S. The fourth-order valence-electron chi connectivity index (χ4n) is 5.36. The van der Waals surface area contributed by atoms with Gasteiger partial charge in [-0.15, -0.1) is 0 Å². The molecule has 0 bridgehead atoms. The van der Waals surface area contributed by atoms with Crippen LogP contribution in [0.4, 0.5) is 13.2 Å².